The van der Waals surface area contributed by atoms with E-state index >= 15 is 0 Å². The third kappa shape index (κ3) is 2.34. The number of nitrogens with zero attached hydrogens (tertiary/aromatic N) is 1. The molecule has 0 aliphatic rings. The van der Waals surface area contributed by atoms with E-state index in [4.69, 9.17) is 4.74 Å². The molecule has 1 heterocycles. The van der Waals surface area contributed by atoms with E-state index in [1.807, 2.05) is 12.1 Å². The number of H-pyrrole nitrogens is 1. The lowest BCUT2D eigenvalue weighted by Crippen LogP contribution is -2.11. The molecule has 1 aromatic heterocycles. The van der Waals surface area contributed by atoms with Gasteiger partial charge in [0.2, 0.25) is 0 Å². The van der Waals surface area contributed by atoms with Crippen molar-refractivity contribution in [3.63, 3.8) is 0 Å². The van der Waals surface area contributed by atoms with E-state index in [0.717, 1.165) is 5.39 Å². The van der Waals surface area contributed by atoms with Crippen molar-refractivity contribution in [1.82, 2.24) is 9.97 Å². The van der Waals surface area contributed by atoms with E-state index in [1.54, 1.807) is 18.2 Å². The van der Waals surface area contributed by atoms with Gasteiger partial charge in [0.1, 0.15) is 5.56 Å². The summed E-state index contributed by atoms with van der Waals surface area (Å²) in [6.07, 6.45) is 2.73. The Balaban J connectivity index is 2.24. The van der Waals surface area contributed by atoms with Crippen molar-refractivity contribution in [2.75, 3.05) is 0 Å². The molecule has 3 aromatic rings. The van der Waals surface area contributed by atoms with Crippen molar-refractivity contribution in [2.45, 2.75) is 0 Å². The molecule has 0 unspecified atom stereocenters. The van der Waals surface area contributed by atoms with E-state index in [-0.39, 0.29) is 17.2 Å². The number of rotatable bonds is 3. The zero-order chi connectivity index (χ0) is 14.8. The summed E-state index contributed by atoms with van der Waals surface area (Å²) in [7, 11) is 0. The molecule has 0 aliphatic carbocycles. The Morgan fingerprint density at radius 2 is 2.00 bits per heavy atom. The fourth-order valence-corrected chi connectivity index (χ4v) is 2.03. The molecule has 0 atom stereocenters. The number of nitrogens with one attached hydrogen (secondary N) is 1. The average Bonchev–Trinajstić information content (AvgIpc) is 2.49. The Labute approximate surface area is 118 Å². The summed E-state index contributed by atoms with van der Waals surface area (Å²) in [5, 5.41) is 10.7. The molecule has 6 heteroatoms. The molecule has 0 amide bonds. The van der Waals surface area contributed by atoms with Gasteiger partial charge in [0.15, 0.2) is 5.75 Å². The van der Waals surface area contributed by atoms with Crippen LogP contribution < -0.4 is 10.3 Å². The van der Waals surface area contributed by atoms with Gasteiger partial charge in [-0.15, -0.1) is 0 Å². The van der Waals surface area contributed by atoms with Gasteiger partial charge < -0.3 is 14.8 Å². The first-order chi connectivity index (χ1) is 10.2. The number of carboxylic acids is 1. The molecule has 0 fully saturated rings. The molecule has 0 radical (unpaired) electrons. The Morgan fingerprint density at radius 3 is 2.76 bits per heavy atom. The van der Waals surface area contributed by atoms with Crippen molar-refractivity contribution in [1.29, 1.82) is 0 Å². The second-order valence-corrected chi connectivity index (χ2v) is 4.29. The number of carbonyl (C=O) groups is 1. The monoisotopic (exact) mass is 282 g/mol. The Bertz CT molecular complexity index is 886. The molecular formula is C15H10N2O4. The summed E-state index contributed by atoms with van der Waals surface area (Å²) in [6.45, 7) is 0. The molecule has 3 rings (SSSR count). The van der Waals surface area contributed by atoms with Gasteiger partial charge in [0.05, 0.1) is 0 Å². The van der Waals surface area contributed by atoms with Gasteiger partial charge in [-0.05, 0) is 11.5 Å². The topological polar surface area (TPSA) is 92.3 Å². The number of aromatic carboxylic acids is 1. The first-order valence-corrected chi connectivity index (χ1v) is 6.13. The third-order valence-corrected chi connectivity index (χ3v) is 2.98. The van der Waals surface area contributed by atoms with Gasteiger partial charge in [-0.25, -0.2) is 9.78 Å². The Morgan fingerprint density at radius 1 is 1.19 bits per heavy atom. The summed E-state index contributed by atoms with van der Waals surface area (Å²) in [5.74, 6) is -1.23. The van der Waals surface area contributed by atoms with Crippen molar-refractivity contribution in [3.8, 4) is 11.6 Å². The maximum Gasteiger partial charge on any atom is 0.339 e. The lowest BCUT2D eigenvalue weighted by molar-refractivity contribution is 0.0694. The SMILES string of the molecule is O=C(O)c1ccc2ccccc2c1Oc1ncc[nH]c1=O. The number of aromatic amines is 1. The minimum atomic E-state index is -1.14. The highest BCUT2D eigenvalue weighted by atomic mass is 16.5. The zero-order valence-corrected chi connectivity index (χ0v) is 10.7. The molecule has 104 valence electrons. The van der Waals surface area contributed by atoms with Gasteiger partial charge in [0.25, 0.3) is 5.88 Å². The summed E-state index contributed by atoms with van der Waals surface area (Å²) in [6, 6.07) is 10.3. The van der Waals surface area contributed by atoms with Crippen LogP contribution >= 0.6 is 0 Å². The molecular weight excluding hydrogens is 272 g/mol. The first-order valence-electron chi connectivity index (χ1n) is 6.13. The Hall–Kier alpha value is -3.15. The van der Waals surface area contributed by atoms with Crippen LogP contribution in [-0.2, 0) is 0 Å². The summed E-state index contributed by atoms with van der Waals surface area (Å²) in [5.41, 5.74) is -0.555. The number of aromatic nitrogens is 2. The van der Waals surface area contributed by atoms with Crippen LogP contribution in [0, 0.1) is 0 Å². The molecule has 0 aliphatic heterocycles. The minimum absolute atomic E-state index is 0.0289. The standard InChI is InChI=1S/C15H10N2O4/c18-13-14(17-8-7-16-13)21-12-10-4-2-1-3-9(10)5-6-11(12)15(19)20/h1-8H,(H,16,18)(H,19,20). The van der Waals surface area contributed by atoms with Crippen LogP contribution in [0.25, 0.3) is 10.8 Å². The summed E-state index contributed by atoms with van der Waals surface area (Å²) in [4.78, 5) is 29.3. The highest BCUT2D eigenvalue weighted by Crippen LogP contribution is 2.32. The lowest BCUT2D eigenvalue weighted by Gasteiger charge is -2.10. The molecule has 0 bridgehead atoms. The van der Waals surface area contributed by atoms with Gasteiger partial charge in [-0.1, -0.05) is 30.3 Å². The van der Waals surface area contributed by atoms with Crippen LogP contribution in [0.15, 0.2) is 53.6 Å². The molecule has 0 saturated heterocycles. The van der Waals surface area contributed by atoms with Crippen molar-refractivity contribution in [2.24, 2.45) is 0 Å². The summed E-state index contributed by atoms with van der Waals surface area (Å²) < 4.78 is 5.48. The number of ether oxygens (including phenoxy) is 1. The van der Waals surface area contributed by atoms with E-state index in [2.05, 4.69) is 9.97 Å². The molecule has 2 aromatic carbocycles. The smallest absolute Gasteiger partial charge is 0.339 e. The van der Waals surface area contributed by atoms with Crippen molar-refractivity contribution >= 4 is 16.7 Å². The van der Waals surface area contributed by atoms with E-state index in [9.17, 15) is 14.7 Å². The fraction of sp³-hybridized carbons (Fsp3) is 0. The van der Waals surface area contributed by atoms with Crippen LogP contribution in [0.5, 0.6) is 11.6 Å². The minimum Gasteiger partial charge on any atom is -0.478 e. The molecule has 6 nitrogen and oxygen atoms in total. The van der Waals surface area contributed by atoms with Crippen LogP contribution in [0.2, 0.25) is 0 Å². The van der Waals surface area contributed by atoms with Crippen LogP contribution in [-0.4, -0.2) is 21.0 Å². The maximum absolute atomic E-state index is 11.7. The van der Waals surface area contributed by atoms with Crippen LogP contribution in [0.3, 0.4) is 0 Å². The first kappa shape index (κ1) is 12.9. The normalized spacial score (nSPS) is 10.5. The van der Waals surface area contributed by atoms with E-state index in [0.29, 0.717) is 5.39 Å². The summed E-state index contributed by atoms with van der Waals surface area (Å²) >= 11 is 0. The third-order valence-electron chi connectivity index (χ3n) is 2.98. The number of benzene rings is 2. The predicted molar refractivity (Wildman–Crippen MR) is 75.8 cm³/mol. The number of hydrogen-bond donors (Lipinski definition) is 2. The quantitative estimate of drug-likeness (QED) is 0.769. The van der Waals surface area contributed by atoms with Gasteiger partial charge in [-0.3, -0.25) is 4.79 Å². The number of hydrogen-bond acceptors (Lipinski definition) is 4. The van der Waals surface area contributed by atoms with Crippen molar-refractivity contribution < 1.29 is 14.6 Å². The molecule has 0 saturated carbocycles. The molecule has 0 spiro atoms. The fourth-order valence-electron chi connectivity index (χ4n) is 2.03. The van der Waals surface area contributed by atoms with Gasteiger partial charge in [-0.2, -0.15) is 0 Å². The highest BCUT2D eigenvalue weighted by molar-refractivity contribution is 6.00. The highest BCUT2D eigenvalue weighted by Gasteiger charge is 2.17. The molecule has 2 N–H and O–H groups in total. The lowest BCUT2D eigenvalue weighted by atomic mass is 10.1. The molecule has 21 heavy (non-hydrogen) atoms. The van der Waals surface area contributed by atoms with Gasteiger partial charge >= 0.3 is 11.5 Å². The van der Waals surface area contributed by atoms with Gasteiger partial charge in [0, 0.05) is 17.8 Å². The Kier molecular flexibility index (Phi) is 3.12. The number of carboxylic acid groups (broad SMARTS) is 1. The van der Waals surface area contributed by atoms with E-state index in [1.165, 1.54) is 18.5 Å². The van der Waals surface area contributed by atoms with Crippen LogP contribution in [0.4, 0.5) is 0 Å². The van der Waals surface area contributed by atoms with Crippen LogP contribution in [0.1, 0.15) is 10.4 Å². The van der Waals surface area contributed by atoms with E-state index < -0.39 is 11.5 Å². The second kappa shape index (κ2) is 5.09. The zero-order valence-electron chi connectivity index (χ0n) is 10.7. The van der Waals surface area contributed by atoms with Crippen molar-refractivity contribution in [3.05, 3.63) is 64.7 Å². The average molecular weight is 282 g/mol. The number of fused-ring (bicyclic) bond motifs is 1. The predicted octanol–water partition coefficient (Wildman–Crippen LogP) is 2.41. The maximum atomic E-state index is 11.7. The second-order valence-electron chi connectivity index (χ2n) is 4.29. The largest absolute Gasteiger partial charge is 0.478 e.